The van der Waals surface area contributed by atoms with Gasteiger partial charge < -0.3 is 0 Å². The first-order valence-corrected chi connectivity index (χ1v) is 12.1. The maximum absolute atomic E-state index is 14.1. The average Bonchev–Trinajstić information content (AvgIpc) is 2.85. The minimum Gasteiger partial charge on any atom is -0.276 e. The van der Waals surface area contributed by atoms with E-state index in [0.29, 0.717) is 11.6 Å². The highest BCUT2D eigenvalue weighted by Gasteiger charge is 2.21. The number of sulfonamides is 1. The number of hydrogen-bond acceptors (Lipinski definition) is 5. The molecule has 0 bridgehead atoms. The van der Waals surface area contributed by atoms with Gasteiger partial charge in [0.05, 0.1) is 11.2 Å². The predicted octanol–water partition coefficient (Wildman–Crippen LogP) is 6.09. The van der Waals surface area contributed by atoms with Gasteiger partial charge >= 0.3 is 0 Å². The second-order valence-corrected chi connectivity index (χ2v) is 9.58. The number of pyridine rings is 3. The Bertz CT molecular complexity index is 1680. The van der Waals surface area contributed by atoms with Crippen molar-refractivity contribution < 1.29 is 17.2 Å². The number of aromatic nitrogens is 3. The summed E-state index contributed by atoms with van der Waals surface area (Å²) in [5.41, 5.74) is 3.95. The molecular formula is C25H15ClF2N4O2S. The molecule has 3 heterocycles. The Hall–Kier alpha value is -3.95. The van der Waals surface area contributed by atoms with Gasteiger partial charge in [0, 0.05) is 41.8 Å². The van der Waals surface area contributed by atoms with E-state index in [1.165, 1.54) is 12.3 Å². The van der Waals surface area contributed by atoms with Crippen LogP contribution in [0, 0.1) is 11.6 Å². The molecule has 0 aliphatic rings. The molecule has 2 aromatic carbocycles. The van der Waals surface area contributed by atoms with Gasteiger partial charge in [0.25, 0.3) is 10.0 Å². The Morgan fingerprint density at radius 2 is 1.60 bits per heavy atom. The molecule has 10 heteroatoms. The van der Waals surface area contributed by atoms with Gasteiger partial charge in [-0.25, -0.2) is 22.2 Å². The van der Waals surface area contributed by atoms with Gasteiger partial charge in [-0.05, 0) is 65.2 Å². The van der Waals surface area contributed by atoms with Crippen LogP contribution in [0.5, 0.6) is 0 Å². The summed E-state index contributed by atoms with van der Waals surface area (Å²) in [6, 6.07) is 15.0. The minimum absolute atomic E-state index is 0.0477. The van der Waals surface area contributed by atoms with Gasteiger partial charge in [0.15, 0.2) is 5.15 Å². The third-order valence-corrected chi connectivity index (χ3v) is 7.03. The van der Waals surface area contributed by atoms with Crippen LogP contribution in [0.3, 0.4) is 0 Å². The molecule has 0 saturated carbocycles. The molecule has 0 amide bonds. The highest BCUT2D eigenvalue weighted by atomic mass is 35.5. The molecule has 1 N–H and O–H groups in total. The monoisotopic (exact) mass is 508 g/mol. The van der Waals surface area contributed by atoms with E-state index in [0.717, 1.165) is 39.7 Å². The number of benzene rings is 2. The van der Waals surface area contributed by atoms with Crippen molar-refractivity contribution in [2.75, 3.05) is 4.72 Å². The Morgan fingerprint density at radius 3 is 2.37 bits per heavy atom. The van der Waals surface area contributed by atoms with E-state index in [1.807, 2.05) is 36.4 Å². The van der Waals surface area contributed by atoms with Crippen molar-refractivity contribution in [1.82, 2.24) is 15.0 Å². The number of nitrogens with one attached hydrogen (secondary N) is 1. The first-order chi connectivity index (χ1) is 16.8. The summed E-state index contributed by atoms with van der Waals surface area (Å²) in [4.78, 5) is 11.9. The lowest BCUT2D eigenvalue weighted by Gasteiger charge is -2.12. The van der Waals surface area contributed by atoms with Crippen molar-refractivity contribution in [2.24, 2.45) is 0 Å². The fraction of sp³-hybridized carbons (Fsp3) is 0. The number of rotatable bonds is 5. The molecule has 0 aliphatic heterocycles. The highest BCUT2D eigenvalue weighted by Crippen LogP contribution is 2.33. The third kappa shape index (κ3) is 4.55. The number of anilines is 1. The van der Waals surface area contributed by atoms with Crippen LogP contribution >= 0.6 is 11.6 Å². The predicted molar refractivity (Wildman–Crippen MR) is 130 cm³/mol. The van der Waals surface area contributed by atoms with Crippen LogP contribution in [0.15, 0.2) is 90.3 Å². The van der Waals surface area contributed by atoms with Crippen molar-refractivity contribution in [3.8, 4) is 22.3 Å². The van der Waals surface area contributed by atoms with Crippen LogP contribution < -0.4 is 4.72 Å². The molecular weight excluding hydrogens is 494 g/mol. The topological polar surface area (TPSA) is 84.8 Å². The summed E-state index contributed by atoms with van der Waals surface area (Å²) in [5, 5.41) is 0.751. The number of halogens is 3. The highest BCUT2D eigenvalue weighted by molar-refractivity contribution is 7.92. The van der Waals surface area contributed by atoms with Crippen molar-refractivity contribution >= 4 is 38.2 Å². The average molecular weight is 509 g/mol. The lowest BCUT2D eigenvalue weighted by Crippen LogP contribution is -2.15. The van der Waals surface area contributed by atoms with E-state index in [4.69, 9.17) is 11.6 Å². The summed E-state index contributed by atoms with van der Waals surface area (Å²) in [5.74, 6) is -2.11. The van der Waals surface area contributed by atoms with Crippen LogP contribution in [-0.4, -0.2) is 23.4 Å². The first kappa shape index (κ1) is 22.8. The Kier molecular flexibility index (Phi) is 5.88. The summed E-state index contributed by atoms with van der Waals surface area (Å²) in [7, 11) is -4.39. The standard InChI is InChI=1S/C25H15ClF2N4O2S/c26-25-23(32-35(33,34)24-4-2-18(27)13-21(24)28)12-17(14-31-25)16-1-3-22-20(11-16)19(7-10-30-22)15-5-8-29-9-6-15/h1-14,32H. The van der Waals surface area contributed by atoms with Crippen LogP contribution in [0.2, 0.25) is 5.15 Å². The zero-order valence-electron chi connectivity index (χ0n) is 17.8. The lowest BCUT2D eigenvalue weighted by atomic mass is 9.98. The Balaban J connectivity index is 1.56. The number of hydrogen-bond donors (Lipinski definition) is 1. The van der Waals surface area contributed by atoms with Crippen molar-refractivity contribution in [3.05, 3.63) is 102 Å². The normalized spacial score (nSPS) is 11.5. The van der Waals surface area contributed by atoms with Crippen LogP contribution in [0.4, 0.5) is 14.5 Å². The van der Waals surface area contributed by atoms with Gasteiger partial charge in [0.1, 0.15) is 16.5 Å². The van der Waals surface area contributed by atoms with E-state index in [9.17, 15) is 17.2 Å². The van der Waals surface area contributed by atoms with E-state index in [2.05, 4.69) is 19.7 Å². The maximum Gasteiger partial charge on any atom is 0.264 e. The van der Waals surface area contributed by atoms with Crippen molar-refractivity contribution in [3.63, 3.8) is 0 Å². The molecule has 3 aromatic heterocycles. The number of fused-ring (bicyclic) bond motifs is 1. The molecule has 0 unspecified atom stereocenters. The Morgan fingerprint density at radius 1 is 0.800 bits per heavy atom. The molecule has 0 fully saturated rings. The largest absolute Gasteiger partial charge is 0.276 e. The maximum atomic E-state index is 14.1. The summed E-state index contributed by atoms with van der Waals surface area (Å²) >= 11 is 6.13. The SMILES string of the molecule is O=S(=O)(Nc1cc(-c2ccc3nccc(-c4ccncc4)c3c2)cnc1Cl)c1ccc(F)cc1F. The van der Waals surface area contributed by atoms with Gasteiger partial charge in [0.2, 0.25) is 0 Å². The minimum atomic E-state index is -4.39. The van der Waals surface area contributed by atoms with E-state index in [1.54, 1.807) is 18.6 Å². The molecule has 0 atom stereocenters. The summed E-state index contributed by atoms with van der Waals surface area (Å²) in [6.07, 6.45) is 6.64. The smallest absolute Gasteiger partial charge is 0.264 e. The molecule has 5 rings (SSSR count). The van der Waals surface area contributed by atoms with Crippen LogP contribution in [0.25, 0.3) is 33.2 Å². The molecule has 0 aliphatic carbocycles. The van der Waals surface area contributed by atoms with Gasteiger partial charge in [-0.15, -0.1) is 0 Å². The number of nitrogens with zero attached hydrogens (tertiary/aromatic N) is 3. The molecule has 0 radical (unpaired) electrons. The van der Waals surface area contributed by atoms with Gasteiger partial charge in [-0.1, -0.05) is 17.7 Å². The lowest BCUT2D eigenvalue weighted by molar-refractivity contribution is 0.551. The molecule has 6 nitrogen and oxygen atoms in total. The molecule has 174 valence electrons. The Labute approximate surface area is 204 Å². The van der Waals surface area contributed by atoms with Crippen molar-refractivity contribution in [1.29, 1.82) is 0 Å². The fourth-order valence-corrected chi connectivity index (χ4v) is 5.00. The molecule has 0 spiro atoms. The third-order valence-electron chi connectivity index (χ3n) is 5.33. The summed E-state index contributed by atoms with van der Waals surface area (Å²) < 4.78 is 55.0. The van der Waals surface area contributed by atoms with Crippen molar-refractivity contribution in [2.45, 2.75) is 4.90 Å². The van der Waals surface area contributed by atoms with E-state index >= 15 is 0 Å². The van der Waals surface area contributed by atoms with Crippen LogP contribution in [-0.2, 0) is 10.0 Å². The quantitative estimate of drug-likeness (QED) is 0.290. The molecule has 0 saturated heterocycles. The zero-order chi connectivity index (χ0) is 24.6. The van der Waals surface area contributed by atoms with Crippen LogP contribution in [0.1, 0.15) is 0 Å². The second kappa shape index (κ2) is 9.01. The summed E-state index contributed by atoms with van der Waals surface area (Å²) in [6.45, 7) is 0. The molecule has 35 heavy (non-hydrogen) atoms. The van der Waals surface area contributed by atoms with Gasteiger partial charge in [-0.3, -0.25) is 14.7 Å². The fourth-order valence-electron chi connectivity index (χ4n) is 3.68. The molecule has 5 aromatic rings. The van der Waals surface area contributed by atoms with E-state index < -0.39 is 26.6 Å². The second-order valence-electron chi connectivity index (χ2n) is 7.57. The van der Waals surface area contributed by atoms with E-state index in [-0.39, 0.29) is 10.8 Å². The van der Waals surface area contributed by atoms with Gasteiger partial charge in [-0.2, -0.15) is 0 Å². The zero-order valence-corrected chi connectivity index (χ0v) is 19.4. The first-order valence-electron chi connectivity index (χ1n) is 10.2.